The summed E-state index contributed by atoms with van der Waals surface area (Å²) in [6, 6.07) is -0.246. The van der Waals surface area contributed by atoms with Crippen LogP contribution in [0.5, 0.6) is 0 Å². The molecular formula is C10H13FN6O2. The average molecular weight is 268 g/mol. The minimum absolute atomic E-state index is 0.0831. The first-order chi connectivity index (χ1) is 9.07. The molecule has 0 aliphatic heterocycles. The molecule has 0 saturated heterocycles. The van der Waals surface area contributed by atoms with Crippen molar-refractivity contribution in [3.05, 3.63) is 32.4 Å². The number of nitro groups is 1. The van der Waals surface area contributed by atoms with Gasteiger partial charge in [-0.25, -0.2) is 4.39 Å². The molecule has 8 nitrogen and oxygen atoms in total. The molecule has 1 aliphatic carbocycles. The Morgan fingerprint density at radius 1 is 1.63 bits per heavy atom. The maximum Gasteiger partial charge on any atom is 0.313 e. The number of hydrogen-bond acceptors (Lipinski definition) is 4. The van der Waals surface area contributed by atoms with Crippen molar-refractivity contribution in [3.63, 3.8) is 0 Å². The highest BCUT2D eigenvalue weighted by Gasteiger charge is 2.41. The zero-order valence-electron chi connectivity index (χ0n) is 10.1. The second-order valence-corrected chi connectivity index (χ2v) is 4.64. The summed E-state index contributed by atoms with van der Waals surface area (Å²) < 4.78 is 14.9. The number of nitrogens with zero attached hydrogens (tertiary/aromatic N) is 5. The van der Waals surface area contributed by atoms with Gasteiger partial charge in [-0.1, -0.05) is 5.11 Å². The van der Waals surface area contributed by atoms with Gasteiger partial charge in [0, 0.05) is 11.0 Å². The molecule has 1 fully saturated rings. The molecule has 0 amide bonds. The molecule has 0 bridgehead atoms. The van der Waals surface area contributed by atoms with Gasteiger partial charge < -0.3 is 0 Å². The predicted molar refractivity (Wildman–Crippen MR) is 64.0 cm³/mol. The van der Waals surface area contributed by atoms with Crippen LogP contribution in [-0.4, -0.2) is 21.2 Å². The molecule has 102 valence electrons. The fraction of sp³-hybridized carbons (Fsp3) is 0.700. The first-order valence-corrected chi connectivity index (χ1v) is 5.98. The Labute approximate surface area is 107 Å². The van der Waals surface area contributed by atoms with Crippen molar-refractivity contribution in [2.24, 2.45) is 5.11 Å². The largest absolute Gasteiger partial charge is 0.313 e. The van der Waals surface area contributed by atoms with Gasteiger partial charge in [0.15, 0.2) is 11.4 Å². The van der Waals surface area contributed by atoms with Gasteiger partial charge in [-0.2, -0.15) is 5.10 Å². The standard InChI is InChI=1S/C10H13FN6O2/c11-10(9-8(17(18)19)6-13-15-9)4-1-2-7(3-5-10)14-16-12/h6-7H,1-5H2,(H,13,15). The summed E-state index contributed by atoms with van der Waals surface area (Å²) in [5, 5.41) is 20.4. The quantitative estimate of drug-likeness (QED) is 0.226. The van der Waals surface area contributed by atoms with Gasteiger partial charge >= 0.3 is 5.69 Å². The van der Waals surface area contributed by atoms with Gasteiger partial charge in [0.25, 0.3) is 0 Å². The number of aromatic nitrogens is 2. The highest BCUT2D eigenvalue weighted by Crippen LogP contribution is 2.42. The molecule has 1 saturated carbocycles. The number of H-pyrrole nitrogens is 1. The van der Waals surface area contributed by atoms with E-state index in [4.69, 9.17) is 5.53 Å². The van der Waals surface area contributed by atoms with Crippen molar-refractivity contribution in [1.82, 2.24) is 10.2 Å². The Morgan fingerprint density at radius 2 is 2.42 bits per heavy atom. The number of rotatable bonds is 3. The SMILES string of the molecule is [N-]=[N+]=NC1CCCC(F)(c2[nH]ncc2[N+](=O)[O-])CC1. The van der Waals surface area contributed by atoms with E-state index in [2.05, 4.69) is 20.2 Å². The van der Waals surface area contributed by atoms with Gasteiger partial charge in [-0.05, 0) is 37.6 Å². The summed E-state index contributed by atoms with van der Waals surface area (Å²) in [6.45, 7) is 0. The molecule has 1 aliphatic rings. The zero-order valence-corrected chi connectivity index (χ0v) is 10.1. The highest BCUT2D eigenvalue weighted by molar-refractivity contribution is 5.36. The first-order valence-electron chi connectivity index (χ1n) is 5.98. The smallest absolute Gasteiger partial charge is 0.272 e. The average Bonchev–Trinajstić information content (AvgIpc) is 2.79. The van der Waals surface area contributed by atoms with Crippen LogP contribution in [0.4, 0.5) is 10.1 Å². The van der Waals surface area contributed by atoms with Gasteiger partial charge in [0.05, 0.1) is 4.92 Å². The minimum atomic E-state index is -1.81. The van der Waals surface area contributed by atoms with E-state index < -0.39 is 10.6 Å². The Bertz CT molecular complexity index is 526. The van der Waals surface area contributed by atoms with Crippen molar-refractivity contribution in [1.29, 1.82) is 0 Å². The molecule has 19 heavy (non-hydrogen) atoms. The third kappa shape index (κ3) is 2.65. The van der Waals surface area contributed by atoms with Crippen LogP contribution in [0.2, 0.25) is 0 Å². The van der Waals surface area contributed by atoms with Crippen LogP contribution in [0.15, 0.2) is 11.3 Å². The summed E-state index contributed by atoms with van der Waals surface area (Å²) in [7, 11) is 0. The zero-order chi connectivity index (χ0) is 13.9. The number of aromatic amines is 1. The van der Waals surface area contributed by atoms with Crippen molar-refractivity contribution in [2.75, 3.05) is 0 Å². The Balaban J connectivity index is 2.25. The molecule has 2 unspecified atom stereocenters. The van der Waals surface area contributed by atoms with Crippen LogP contribution in [-0.2, 0) is 5.67 Å². The van der Waals surface area contributed by atoms with Crippen LogP contribution >= 0.6 is 0 Å². The second-order valence-electron chi connectivity index (χ2n) is 4.64. The van der Waals surface area contributed by atoms with Gasteiger partial charge in [0.1, 0.15) is 6.20 Å². The molecule has 9 heteroatoms. The van der Waals surface area contributed by atoms with Crippen LogP contribution in [0.25, 0.3) is 10.4 Å². The van der Waals surface area contributed by atoms with E-state index in [0.717, 1.165) is 6.20 Å². The van der Waals surface area contributed by atoms with Crippen molar-refractivity contribution >= 4 is 5.69 Å². The molecule has 1 aromatic heterocycles. The molecule has 2 rings (SSSR count). The lowest BCUT2D eigenvalue weighted by Gasteiger charge is -2.21. The van der Waals surface area contributed by atoms with E-state index in [9.17, 15) is 14.5 Å². The molecule has 1 aromatic rings. The maximum absolute atomic E-state index is 14.9. The van der Waals surface area contributed by atoms with Crippen molar-refractivity contribution in [3.8, 4) is 0 Å². The summed E-state index contributed by atoms with van der Waals surface area (Å²) in [4.78, 5) is 12.9. The lowest BCUT2D eigenvalue weighted by Crippen LogP contribution is -2.21. The summed E-state index contributed by atoms with van der Waals surface area (Å²) >= 11 is 0. The first kappa shape index (κ1) is 13.3. The Morgan fingerprint density at radius 3 is 3.11 bits per heavy atom. The third-order valence-corrected chi connectivity index (χ3v) is 3.46. The fourth-order valence-electron chi connectivity index (χ4n) is 2.47. The number of alkyl halides is 1. The van der Waals surface area contributed by atoms with E-state index >= 15 is 0 Å². The van der Waals surface area contributed by atoms with Crippen LogP contribution in [0, 0.1) is 10.1 Å². The number of hydrogen-bond donors (Lipinski definition) is 1. The van der Waals surface area contributed by atoms with E-state index in [0.29, 0.717) is 19.3 Å². The van der Waals surface area contributed by atoms with Gasteiger partial charge in [-0.3, -0.25) is 15.2 Å². The topological polar surface area (TPSA) is 121 Å². The molecule has 2 atom stereocenters. The van der Waals surface area contributed by atoms with Gasteiger partial charge in [-0.15, -0.1) is 0 Å². The lowest BCUT2D eigenvalue weighted by molar-refractivity contribution is -0.386. The van der Waals surface area contributed by atoms with Gasteiger partial charge in [0.2, 0.25) is 0 Å². The van der Waals surface area contributed by atoms with Crippen LogP contribution < -0.4 is 0 Å². The number of azide groups is 1. The molecule has 1 N–H and O–H groups in total. The minimum Gasteiger partial charge on any atom is -0.272 e. The van der Waals surface area contributed by atoms with E-state index in [1.807, 2.05) is 0 Å². The molecule has 0 radical (unpaired) electrons. The molecular weight excluding hydrogens is 255 g/mol. The second kappa shape index (κ2) is 5.23. The van der Waals surface area contributed by atoms with E-state index in [1.54, 1.807) is 0 Å². The van der Waals surface area contributed by atoms with Crippen molar-refractivity contribution < 1.29 is 9.31 Å². The summed E-state index contributed by atoms with van der Waals surface area (Å²) in [6.07, 6.45) is 2.74. The van der Waals surface area contributed by atoms with E-state index in [1.165, 1.54) is 0 Å². The highest BCUT2D eigenvalue weighted by atomic mass is 19.1. The summed E-state index contributed by atoms with van der Waals surface area (Å²) in [5.41, 5.74) is 6.18. The van der Waals surface area contributed by atoms with Crippen LogP contribution in [0.1, 0.15) is 37.8 Å². The lowest BCUT2D eigenvalue weighted by atomic mass is 9.92. The molecule has 0 spiro atoms. The number of halogens is 1. The Hall–Kier alpha value is -2.15. The van der Waals surface area contributed by atoms with Crippen molar-refractivity contribution in [2.45, 2.75) is 43.8 Å². The van der Waals surface area contributed by atoms with Crippen LogP contribution in [0.3, 0.4) is 0 Å². The van der Waals surface area contributed by atoms with E-state index in [-0.39, 0.29) is 30.3 Å². The molecule has 1 heterocycles. The Kier molecular flexibility index (Phi) is 3.66. The maximum atomic E-state index is 14.9. The fourth-order valence-corrected chi connectivity index (χ4v) is 2.47. The normalized spacial score (nSPS) is 27.3. The number of nitrogens with one attached hydrogen (secondary N) is 1. The third-order valence-electron chi connectivity index (χ3n) is 3.46. The molecule has 0 aromatic carbocycles. The monoisotopic (exact) mass is 268 g/mol. The summed E-state index contributed by atoms with van der Waals surface area (Å²) in [5.74, 6) is 0. The predicted octanol–water partition coefficient (Wildman–Crippen LogP) is 3.13.